The first-order valence-electron chi connectivity index (χ1n) is 3.22. The molecule has 1 aromatic rings. The Kier molecular flexibility index (Phi) is 2.44. The molecular formula is C7H8N2O2S. The second kappa shape index (κ2) is 3.36. The molecular weight excluding hydrogens is 176 g/mol. The van der Waals surface area contributed by atoms with Gasteiger partial charge in [-0.15, -0.1) is 11.3 Å². The van der Waals surface area contributed by atoms with E-state index >= 15 is 0 Å². The minimum atomic E-state index is -1.12. The van der Waals surface area contributed by atoms with Crippen LogP contribution >= 0.6 is 11.3 Å². The van der Waals surface area contributed by atoms with Gasteiger partial charge < -0.3 is 10.8 Å². The van der Waals surface area contributed by atoms with Crippen LogP contribution in [0, 0.1) is 6.92 Å². The lowest BCUT2D eigenvalue weighted by Crippen LogP contribution is -2.09. The summed E-state index contributed by atoms with van der Waals surface area (Å²) in [5.41, 5.74) is 5.58. The lowest BCUT2D eigenvalue weighted by molar-refractivity contribution is -0.132. The zero-order valence-corrected chi connectivity index (χ0v) is 7.26. The maximum Gasteiger partial charge on any atom is 0.351 e. The number of hydrogen-bond donors (Lipinski definition) is 2. The highest BCUT2D eigenvalue weighted by atomic mass is 32.1. The average molecular weight is 184 g/mol. The molecule has 0 radical (unpaired) electrons. The van der Waals surface area contributed by atoms with Crippen molar-refractivity contribution in [3.8, 4) is 0 Å². The van der Waals surface area contributed by atoms with Gasteiger partial charge in [-0.3, -0.25) is 0 Å². The van der Waals surface area contributed by atoms with E-state index in [1.165, 1.54) is 17.4 Å². The molecule has 0 aliphatic heterocycles. The van der Waals surface area contributed by atoms with Gasteiger partial charge in [-0.1, -0.05) is 0 Å². The van der Waals surface area contributed by atoms with Crippen molar-refractivity contribution in [3.05, 3.63) is 21.8 Å². The fourth-order valence-electron chi connectivity index (χ4n) is 0.668. The molecule has 64 valence electrons. The van der Waals surface area contributed by atoms with Crippen LogP contribution in [0.25, 0.3) is 6.08 Å². The third kappa shape index (κ3) is 2.06. The van der Waals surface area contributed by atoms with Gasteiger partial charge in [0.05, 0.1) is 10.7 Å². The van der Waals surface area contributed by atoms with Crippen molar-refractivity contribution in [1.82, 2.24) is 4.98 Å². The Morgan fingerprint density at radius 1 is 1.83 bits per heavy atom. The molecule has 0 unspecified atom stereocenters. The number of carboxylic acids is 1. The summed E-state index contributed by atoms with van der Waals surface area (Å²) < 4.78 is 0. The second-order valence-electron chi connectivity index (χ2n) is 2.20. The predicted molar refractivity (Wildman–Crippen MR) is 46.7 cm³/mol. The molecule has 4 nitrogen and oxygen atoms in total. The van der Waals surface area contributed by atoms with Crippen molar-refractivity contribution in [3.63, 3.8) is 0 Å². The molecule has 12 heavy (non-hydrogen) atoms. The second-order valence-corrected chi connectivity index (χ2v) is 3.26. The Bertz CT molecular complexity index is 330. The molecule has 0 saturated heterocycles. The van der Waals surface area contributed by atoms with Crippen molar-refractivity contribution >= 4 is 23.4 Å². The van der Waals surface area contributed by atoms with Crippen LogP contribution in [0.4, 0.5) is 0 Å². The van der Waals surface area contributed by atoms with Crippen molar-refractivity contribution in [2.45, 2.75) is 6.92 Å². The van der Waals surface area contributed by atoms with E-state index in [1.54, 1.807) is 5.38 Å². The van der Waals surface area contributed by atoms with Gasteiger partial charge in [0.25, 0.3) is 0 Å². The fraction of sp³-hybridized carbons (Fsp3) is 0.143. The lowest BCUT2D eigenvalue weighted by Gasteiger charge is -1.89. The SMILES string of the molecule is Cc1nc(/C=C(/N)C(=O)O)cs1. The summed E-state index contributed by atoms with van der Waals surface area (Å²) >= 11 is 1.45. The van der Waals surface area contributed by atoms with Crippen LogP contribution in [0.2, 0.25) is 0 Å². The first kappa shape index (κ1) is 8.73. The van der Waals surface area contributed by atoms with E-state index in [2.05, 4.69) is 4.98 Å². The Morgan fingerprint density at radius 2 is 2.50 bits per heavy atom. The molecule has 5 heteroatoms. The standard InChI is InChI=1S/C7H8N2O2S/c1-4-9-5(3-12-4)2-6(8)7(10)11/h2-3H,8H2,1H3,(H,10,11)/b6-2+. The Balaban J connectivity index is 2.87. The third-order valence-corrected chi connectivity index (χ3v) is 1.98. The van der Waals surface area contributed by atoms with Crippen molar-refractivity contribution < 1.29 is 9.90 Å². The molecule has 0 aromatic carbocycles. The zero-order valence-electron chi connectivity index (χ0n) is 6.44. The van der Waals surface area contributed by atoms with Crippen molar-refractivity contribution in [1.29, 1.82) is 0 Å². The van der Waals surface area contributed by atoms with E-state index in [4.69, 9.17) is 10.8 Å². The maximum absolute atomic E-state index is 10.3. The van der Waals surface area contributed by atoms with Gasteiger partial charge in [0, 0.05) is 5.38 Å². The molecule has 1 heterocycles. The molecule has 1 aromatic heterocycles. The minimum absolute atomic E-state index is 0.194. The molecule has 0 bridgehead atoms. The van der Waals surface area contributed by atoms with E-state index in [1.807, 2.05) is 6.92 Å². The summed E-state index contributed by atoms with van der Waals surface area (Å²) in [6, 6.07) is 0. The molecule has 0 saturated carbocycles. The first-order valence-corrected chi connectivity index (χ1v) is 4.10. The minimum Gasteiger partial charge on any atom is -0.477 e. The summed E-state index contributed by atoms with van der Waals surface area (Å²) in [5, 5.41) is 11.1. The van der Waals surface area contributed by atoms with Crippen molar-refractivity contribution in [2.24, 2.45) is 5.73 Å². The molecule has 0 amide bonds. The van der Waals surface area contributed by atoms with E-state index in [0.717, 1.165) is 5.01 Å². The summed E-state index contributed by atoms with van der Waals surface area (Å²) in [6.07, 6.45) is 1.34. The number of aliphatic carboxylic acids is 1. The summed E-state index contributed by atoms with van der Waals surface area (Å²) in [4.78, 5) is 14.3. The highest BCUT2D eigenvalue weighted by molar-refractivity contribution is 7.09. The number of rotatable bonds is 2. The quantitative estimate of drug-likeness (QED) is 0.667. The average Bonchev–Trinajstić information content (AvgIpc) is 2.35. The topological polar surface area (TPSA) is 76.2 Å². The number of carboxylic acid groups (broad SMARTS) is 1. The van der Waals surface area contributed by atoms with Gasteiger partial charge >= 0.3 is 5.97 Å². The molecule has 0 aliphatic carbocycles. The van der Waals surface area contributed by atoms with Gasteiger partial charge in [-0.2, -0.15) is 0 Å². The van der Waals surface area contributed by atoms with Crippen LogP contribution in [0.3, 0.4) is 0 Å². The molecule has 1 rings (SSSR count). The van der Waals surface area contributed by atoms with Gasteiger partial charge in [0.15, 0.2) is 0 Å². The summed E-state index contributed by atoms with van der Waals surface area (Å²) in [6.45, 7) is 1.85. The lowest BCUT2D eigenvalue weighted by atomic mass is 10.3. The van der Waals surface area contributed by atoms with Gasteiger partial charge in [0.2, 0.25) is 0 Å². The van der Waals surface area contributed by atoms with Gasteiger partial charge in [-0.25, -0.2) is 9.78 Å². The molecule has 3 N–H and O–H groups in total. The number of thiazole rings is 1. The van der Waals surface area contributed by atoms with Gasteiger partial charge in [-0.05, 0) is 13.0 Å². The fourth-order valence-corrected chi connectivity index (χ4v) is 1.24. The van der Waals surface area contributed by atoms with Crippen LogP contribution in [0.5, 0.6) is 0 Å². The number of nitrogens with zero attached hydrogens (tertiary/aromatic N) is 1. The Hall–Kier alpha value is -1.36. The molecule has 0 atom stereocenters. The van der Waals surface area contributed by atoms with Crippen LogP contribution in [0.15, 0.2) is 11.1 Å². The largest absolute Gasteiger partial charge is 0.477 e. The van der Waals surface area contributed by atoms with Crippen LogP contribution in [-0.2, 0) is 4.79 Å². The highest BCUT2D eigenvalue weighted by Crippen LogP contribution is 2.09. The maximum atomic E-state index is 10.3. The van der Waals surface area contributed by atoms with Gasteiger partial charge in [0.1, 0.15) is 5.70 Å². The Labute approximate surface area is 73.4 Å². The van der Waals surface area contributed by atoms with E-state index < -0.39 is 5.97 Å². The van der Waals surface area contributed by atoms with Crippen LogP contribution < -0.4 is 5.73 Å². The first-order chi connectivity index (χ1) is 5.59. The third-order valence-electron chi connectivity index (χ3n) is 1.19. The number of carbonyl (C=O) groups is 1. The normalized spacial score (nSPS) is 11.6. The predicted octanol–water partition coefficient (Wildman–Crippen LogP) is 0.836. The molecule has 0 aliphatic rings. The molecule has 0 fully saturated rings. The number of nitrogens with two attached hydrogens (primary N) is 1. The van der Waals surface area contributed by atoms with Crippen LogP contribution in [0.1, 0.15) is 10.7 Å². The summed E-state index contributed by atoms with van der Waals surface area (Å²) in [5.74, 6) is -1.12. The monoisotopic (exact) mass is 184 g/mol. The zero-order chi connectivity index (χ0) is 9.14. The van der Waals surface area contributed by atoms with E-state index in [9.17, 15) is 4.79 Å². The number of aromatic nitrogens is 1. The molecule has 0 spiro atoms. The number of hydrogen-bond acceptors (Lipinski definition) is 4. The summed E-state index contributed by atoms with van der Waals surface area (Å²) in [7, 11) is 0. The highest BCUT2D eigenvalue weighted by Gasteiger charge is 2.02. The van der Waals surface area contributed by atoms with Crippen LogP contribution in [-0.4, -0.2) is 16.1 Å². The van der Waals surface area contributed by atoms with E-state index in [-0.39, 0.29) is 5.70 Å². The number of aryl methyl sites for hydroxylation is 1. The van der Waals surface area contributed by atoms with E-state index in [0.29, 0.717) is 5.69 Å². The smallest absolute Gasteiger partial charge is 0.351 e. The Morgan fingerprint density at radius 3 is 2.92 bits per heavy atom. The van der Waals surface area contributed by atoms with Crippen molar-refractivity contribution in [2.75, 3.05) is 0 Å².